The van der Waals surface area contributed by atoms with Crippen molar-refractivity contribution in [2.45, 2.75) is 25.7 Å². The number of nitrogens with one attached hydrogen (secondary N) is 2. The number of piperidine rings is 1. The SMILES string of the molecule is COc1cc(Nc2nccc(Nc3ccc4c(c3)OCCO4)n2)ccc1OCCCN1CCCCC1. The molecular weight excluding hydrogens is 458 g/mol. The molecule has 0 spiro atoms. The van der Waals surface area contributed by atoms with E-state index in [0.29, 0.717) is 37.3 Å². The third-order valence-corrected chi connectivity index (χ3v) is 6.21. The first-order chi connectivity index (χ1) is 17.8. The number of rotatable bonds is 10. The molecule has 0 saturated carbocycles. The van der Waals surface area contributed by atoms with Crippen molar-refractivity contribution in [3.63, 3.8) is 0 Å². The van der Waals surface area contributed by atoms with Crippen LogP contribution in [0.5, 0.6) is 23.0 Å². The first-order valence-corrected chi connectivity index (χ1v) is 12.6. The van der Waals surface area contributed by atoms with Crippen molar-refractivity contribution in [3.8, 4) is 23.0 Å². The first kappa shape index (κ1) is 24.0. The Labute approximate surface area is 211 Å². The van der Waals surface area contributed by atoms with Crippen LogP contribution in [0.4, 0.5) is 23.1 Å². The lowest BCUT2D eigenvalue weighted by Gasteiger charge is -2.26. The van der Waals surface area contributed by atoms with E-state index in [9.17, 15) is 0 Å². The number of likely N-dealkylation sites (tertiary alicyclic amines) is 1. The minimum Gasteiger partial charge on any atom is -0.493 e. The molecule has 0 aliphatic carbocycles. The number of hydrogen-bond donors (Lipinski definition) is 2. The number of aromatic nitrogens is 2. The van der Waals surface area contributed by atoms with Gasteiger partial charge in [0.15, 0.2) is 23.0 Å². The van der Waals surface area contributed by atoms with Gasteiger partial charge in [-0.05, 0) is 62.7 Å². The summed E-state index contributed by atoms with van der Waals surface area (Å²) in [5.41, 5.74) is 1.66. The number of hydrogen-bond acceptors (Lipinski definition) is 9. The van der Waals surface area contributed by atoms with Gasteiger partial charge < -0.3 is 34.5 Å². The molecule has 2 aliphatic heterocycles. The van der Waals surface area contributed by atoms with E-state index in [2.05, 4.69) is 25.5 Å². The van der Waals surface area contributed by atoms with Gasteiger partial charge in [0.2, 0.25) is 5.95 Å². The molecule has 3 heterocycles. The molecule has 1 aromatic heterocycles. The summed E-state index contributed by atoms with van der Waals surface area (Å²) in [5, 5.41) is 6.53. The zero-order valence-corrected chi connectivity index (χ0v) is 20.7. The smallest absolute Gasteiger partial charge is 0.229 e. The Kier molecular flexibility index (Phi) is 7.87. The lowest BCUT2D eigenvalue weighted by Crippen LogP contribution is -2.31. The van der Waals surface area contributed by atoms with E-state index in [1.165, 1.54) is 32.4 Å². The molecule has 3 aromatic rings. The van der Waals surface area contributed by atoms with Crippen molar-refractivity contribution in [1.29, 1.82) is 0 Å². The summed E-state index contributed by atoms with van der Waals surface area (Å²) in [6, 6.07) is 13.3. The van der Waals surface area contributed by atoms with Crippen molar-refractivity contribution in [3.05, 3.63) is 48.7 Å². The largest absolute Gasteiger partial charge is 0.493 e. The Morgan fingerprint density at radius 2 is 1.69 bits per heavy atom. The van der Waals surface area contributed by atoms with Crippen molar-refractivity contribution in [1.82, 2.24) is 14.9 Å². The van der Waals surface area contributed by atoms with Crippen LogP contribution >= 0.6 is 0 Å². The summed E-state index contributed by atoms with van der Waals surface area (Å²) in [7, 11) is 1.65. The molecule has 36 heavy (non-hydrogen) atoms. The number of ether oxygens (including phenoxy) is 4. The lowest BCUT2D eigenvalue weighted by atomic mass is 10.1. The molecule has 9 heteroatoms. The molecule has 2 aromatic carbocycles. The average Bonchev–Trinajstić information content (AvgIpc) is 2.92. The first-order valence-electron chi connectivity index (χ1n) is 12.6. The Balaban J connectivity index is 1.17. The second-order valence-electron chi connectivity index (χ2n) is 8.84. The van der Waals surface area contributed by atoms with Crippen LogP contribution in [0.1, 0.15) is 25.7 Å². The van der Waals surface area contributed by atoms with Crippen LogP contribution in [0.15, 0.2) is 48.7 Å². The normalized spacial score (nSPS) is 15.2. The second kappa shape index (κ2) is 11.8. The number of methoxy groups -OCH3 is 1. The molecule has 0 bridgehead atoms. The molecule has 0 radical (unpaired) electrons. The van der Waals surface area contributed by atoms with Gasteiger partial charge in [0.1, 0.15) is 19.0 Å². The fourth-order valence-electron chi connectivity index (χ4n) is 4.40. The summed E-state index contributed by atoms with van der Waals surface area (Å²) in [5.74, 6) is 4.00. The summed E-state index contributed by atoms with van der Waals surface area (Å²) >= 11 is 0. The highest BCUT2D eigenvalue weighted by atomic mass is 16.6. The van der Waals surface area contributed by atoms with Crippen molar-refractivity contribution in [2.24, 2.45) is 0 Å². The van der Waals surface area contributed by atoms with Crippen LogP contribution in [0.25, 0.3) is 0 Å². The maximum Gasteiger partial charge on any atom is 0.229 e. The fourth-order valence-corrected chi connectivity index (χ4v) is 4.40. The molecule has 9 nitrogen and oxygen atoms in total. The van der Waals surface area contributed by atoms with E-state index in [0.717, 1.165) is 41.6 Å². The summed E-state index contributed by atoms with van der Waals surface area (Å²) in [6.45, 7) is 5.27. The Bertz CT molecular complexity index is 1150. The van der Waals surface area contributed by atoms with Gasteiger partial charge >= 0.3 is 0 Å². The molecule has 190 valence electrons. The minimum absolute atomic E-state index is 0.467. The Hall–Kier alpha value is -3.72. The van der Waals surface area contributed by atoms with Gasteiger partial charge in [-0.1, -0.05) is 6.42 Å². The maximum atomic E-state index is 6.01. The maximum absolute atomic E-state index is 6.01. The van der Waals surface area contributed by atoms with Gasteiger partial charge in [-0.2, -0.15) is 4.98 Å². The Morgan fingerprint density at radius 3 is 2.56 bits per heavy atom. The van der Waals surface area contributed by atoms with Gasteiger partial charge in [-0.3, -0.25) is 0 Å². The number of nitrogens with zero attached hydrogens (tertiary/aromatic N) is 3. The van der Waals surface area contributed by atoms with E-state index >= 15 is 0 Å². The van der Waals surface area contributed by atoms with Crippen molar-refractivity contribution >= 4 is 23.1 Å². The molecule has 2 N–H and O–H groups in total. The van der Waals surface area contributed by atoms with Gasteiger partial charge in [-0.15, -0.1) is 0 Å². The Morgan fingerprint density at radius 1 is 0.889 bits per heavy atom. The summed E-state index contributed by atoms with van der Waals surface area (Å²) in [6.07, 6.45) is 6.68. The van der Waals surface area contributed by atoms with Crippen LogP contribution in [-0.4, -0.2) is 61.4 Å². The topological polar surface area (TPSA) is 90.0 Å². The van der Waals surface area contributed by atoms with Crippen molar-refractivity contribution < 1.29 is 18.9 Å². The van der Waals surface area contributed by atoms with E-state index in [1.807, 2.05) is 42.5 Å². The molecule has 2 aliphatic rings. The predicted octanol–water partition coefficient (Wildman–Crippen LogP) is 5.00. The van der Waals surface area contributed by atoms with Crippen molar-refractivity contribution in [2.75, 3.05) is 57.2 Å². The van der Waals surface area contributed by atoms with Crippen LogP contribution in [-0.2, 0) is 0 Å². The molecule has 5 rings (SSSR count). The highest BCUT2D eigenvalue weighted by molar-refractivity contribution is 5.64. The van der Waals surface area contributed by atoms with Crippen LogP contribution in [0.3, 0.4) is 0 Å². The van der Waals surface area contributed by atoms with Gasteiger partial charge in [-0.25, -0.2) is 4.98 Å². The second-order valence-corrected chi connectivity index (χ2v) is 8.84. The van der Waals surface area contributed by atoms with Gasteiger partial charge in [0, 0.05) is 36.2 Å². The van der Waals surface area contributed by atoms with E-state index in [4.69, 9.17) is 18.9 Å². The molecule has 0 unspecified atom stereocenters. The molecular formula is C27H33N5O4. The summed E-state index contributed by atoms with van der Waals surface area (Å²) < 4.78 is 22.8. The zero-order valence-electron chi connectivity index (χ0n) is 20.7. The molecule has 0 amide bonds. The van der Waals surface area contributed by atoms with E-state index in [-0.39, 0.29) is 0 Å². The average molecular weight is 492 g/mol. The number of fused-ring (bicyclic) bond motifs is 1. The van der Waals surface area contributed by atoms with E-state index in [1.54, 1.807) is 13.3 Å². The monoisotopic (exact) mass is 491 g/mol. The molecule has 1 saturated heterocycles. The van der Waals surface area contributed by atoms with Crippen LogP contribution in [0.2, 0.25) is 0 Å². The van der Waals surface area contributed by atoms with Gasteiger partial charge in [0.25, 0.3) is 0 Å². The quantitative estimate of drug-likeness (QED) is 0.380. The fraction of sp³-hybridized carbons (Fsp3) is 0.407. The van der Waals surface area contributed by atoms with Gasteiger partial charge in [0.05, 0.1) is 13.7 Å². The lowest BCUT2D eigenvalue weighted by molar-refractivity contribution is 0.171. The number of anilines is 4. The predicted molar refractivity (Wildman–Crippen MR) is 139 cm³/mol. The highest BCUT2D eigenvalue weighted by Gasteiger charge is 2.13. The zero-order chi connectivity index (χ0) is 24.6. The molecule has 1 fully saturated rings. The minimum atomic E-state index is 0.467. The van der Waals surface area contributed by atoms with E-state index < -0.39 is 0 Å². The standard InChI is InChI=1S/C27H33N5O4/c1-33-24-18-21(7-8-22(24)34-15-5-14-32-12-3-2-4-13-32)30-27-28-11-10-26(31-27)29-20-6-9-23-25(19-20)36-17-16-35-23/h6-11,18-19H,2-5,12-17H2,1H3,(H2,28,29,30,31). The van der Waals surface area contributed by atoms with Crippen LogP contribution < -0.4 is 29.6 Å². The third kappa shape index (κ3) is 6.28. The molecule has 0 atom stereocenters. The number of benzene rings is 2. The third-order valence-electron chi connectivity index (χ3n) is 6.21. The summed E-state index contributed by atoms with van der Waals surface area (Å²) in [4.78, 5) is 11.4. The highest BCUT2D eigenvalue weighted by Crippen LogP contribution is 2.34. The van der Waals surface area contributed by atoms with Crippen LogP contribution in [0, 0.1) is 0 Å².